The molecule has 3 heteroatoms. The van der Waals surface area contributed by atoms with E-state index in [9.17, 15) is 0 Å². The summed E-state index contributed by atoms with van der Waals surface area (Å²) in [7, 11) is 0. The number of rotatable bonds is 5. The van der Waals surface area contributed by atoms with E-state index in [0.29, 0.717) is 5.41 Å². The molecule has 2 nitrogen and oxygen atoms in total. The monoisotopic (exact) mass is 352 g/mol. The van der Waals surface area contributed by atoms with Gasteiger partial charge in [-0.25, -0.2) is 0 Å². The van der Waals surface area contributed by atoms with Crippen LogP contribution in [0, 0.1) is 5.41 Å². The van der Waals surface area contributed by atoms with Gasteiger partial charge in [0.25, 0.3) is 0 Å². The van der Waals surface area contributed by atoms with E-state index in [-0.39, 0.29) is 6.04 Å². The average molecular weight is 353 g/mol. The summed E-state index contributed by atoms with van der Waals surface area (Å²) in [5.74, 6) is 0. The summed E-state index contributed by atoms with van der Waals surface area (Å²) < 4.78 is 1.21. The van der Waals surface area contributed by atoms with Gasteiger partial charge in [-0.15, -0.1) is 0 Å². The van der Waals surface area contributed by atoms with E-state index < -0.39 is 0 Å². The second-order valence-electron chi connectivity index (χ2n) is 6.66. The zero-order valence-corrected chi connectivity index (χ0v) is 15.2. The number of hydrogen-bond donors (Lipinski definition) is 1. The van der Waals surface area contributed by atoms with Gasteiger partial charge in [0.05, 0.1) is 5.69 Å². The Morgan fingerprint density at radius 3 is 2.33 bits per heavy atom. The molecule has 0 radical (unpaired) electrons. The Labute approximate surface area is 138 Å². The first-order valence-electron chi connectivity index (χ1n) is 8.28. The van der Waals surface area contributed by atoms with Crippen molar-refractivity contribution in [3.8, 4) is 0 Å². The Bertz CT molecular complexity index is 456. The molecule has 118 valence electrons. The van der Waals surface area contributed by atoms with Crippen molar-refractivity contribution in [2.45, 2.75) is 58.9 Å². The van der Waals surface area contributed by atoms with Crippen LogP contribution in [0.3, 0.4) is 0 Å². The second kappa shape index (κ2) is 7.15. The minimum absolute atomic E-state index is 0.215. The van der Waals surface area contributed by atoms with Crippen molar-refractivity contribution in [3.05, 3.63) is 28.2 Å². The van der Waals surface area contributed by atoms with E-state index in [0.717, 1.165) is 6.42 Å². The molecule has 0 bridgehead atoms. The highest BCUT2D eigenvalue weighted by atomic mass is 79.9. The number of halogens is 1. The molecule has 1 heterocycles. The molecule has 0 amide bonds. The Kier molecular flexibility index (Phi) is 5.73. The smallest absolute Gasteiger partial charge is 0.0510 e. The van der Waals surface area contributed by atoms with Crippen LogP contribution in [0.4, 0.5) is 5.69 Å². The maximum absolute atomic E-state index is 5.89. The Hall–Kier alpha value is -0.540. The molecule has 0 spiro atoms. The fourth-order valence-corrected chi connectivity index (χ4v) is 4.16. The van der Waals surface area contributed by atoms with Crippen molar-refractivity contribution in [1.29, 1.82) is 0 Å². The summed E-state index contributed by atoms with van der Waals surface area (Å²) >= 11 is 3.75. The Morgan fingerprint density at radius 1 is 1.24 bits per heavy atom. The molecule has 1 aromatic carbocycles. The van der Waals surface area contributed by atoms with Gasteiger partial charge in [-0.1, -0.05) is 32.8 Å². The number of benzene rings is 1. The van der Waals surface area contributed by atoms with Gasteiger partial charge >= 0.3 is 0 Å². The lowest BCUT2D eigenvalue weighted by Crippen LogP contribution is -2.39. The first kappa shape index (κ1) is 16.8. The topological polar surface area (TPSA) is 29.3 Å². The molecule has 1 aromatic rings. The third kappa shape index (κ3) is 4.01. The van der Waals surface area contributed by atoms with Crippen LogP contribution in [0.2, 0.25) is 0 Å². The molecule has 1 aliphatic heterocycles. The zero-order valence-electron chi connectivity index (χ0n) is 13.7. The van der Waals surface area contributed by atoms with E-state index in [1.54, 1.807) is 0 Å². The van der Waals surface area contributed by atoms with Crippen LogP contribution < -0.4 is 10.6 Å². The molecule has 1 atom stereocenters. The molecule has 21 heavy (non-hydrogen) atoms. The summed E-state index contributed by atoms with van der Waals surface area (Å²) in [5, 5.41) is 0. The van der Waals surface area contributed by atoms with Crippen molar-refractivity contribution in [1.82, 2.24) is 0 Å². The maximum atomic E-state index is 5.89. The third-order valence-corrected chi connectivity index (χ3v) is 5.87. The minimum Gasteiger partial charge on any atom is -0.371 e. The lowest BCUT2D eigenvalue weighted by molar-refractivity contribution is 0.199. The maximum Gasteiger partial charge on any atom is 0.0510 e. The predicted molar refractivity (Wildman–Crippen MR) is 96.0 cm³/mol. The summed E-state index contributed by atoms with van der Waals surface area (Å²) in [6, 6.07) is 6.94. The van der Waals surface area contributed by atoms with Crippen LogP contribution in [0.1, 0.15) is 52.0 Å². The van der Waals surface area contributed by atoms with Crippen LogP contribution in [0.25, 0.3) is 0 Å². The van der Waals surface area contributed by atoms with Gasteiger partial charge in [-0.2, -0.15) is 0 Å². The van der Waals surface area contributed by atoms with Crippen molar-refractivity contribution in [3.63, 3.8) is 0 Å². The van der Waals surface area contributed by atoms with E-state index in [2.05, 4.69) is 59.8 Å². The van der Waals surface area contributed by atoms with Gasteiger partial charge in [-0.05, 0) is 65.2 Å². The highest BCUT2D eigenvalue weighted by Gasteiger charge is 2.31. The Morgan fingerprint density at radius 2 is 1.86 bits per heavy atom. The van der Waals surface area contributed by atoms with Crippen LogP contribution in [-0.2, 0) is 6.42 Å². The lowest BCUT2D eigenvalue weighted by atomic mass is 9.74. The molecule has 1 unspecified atom stereocenters. The first-order valence-corrected chi connectivity index (χ1v) is 9.08. The molecule has 2 rings (SSSR count). The average Bonchev–Trinajstić information content (AvgIpc) is 2.47. The van der Waals surface area contributed by atoms with Gasteiger partial charge in [0, 0.05) is 23.6 Å². The fourth-order valence-electron chi connectivity index (χ4n) is 3.48. The fraction of sp³-hybridized carbons (Fsp3) is 0.667. The molecule has 0 aromatic heterocycles. The summed E-state index contributed by atoms with van der Waals surface area (Å²) in [6.07, 6.45) is 6.19. The SMILES string of the molecule is CCC1(CC)CCN(c2ccc(CC(C)N)cc2Br)CC1. The van der Waals surface area contributed by atoms with Crippen LogP contribution in [0.15, 0.2) is 22.7 Å². The first-order chi connectivity index (χ1) is 9.99. The van der Waals surface area contributed by atoms with Crippen LogP contribution in [-0.4, -0.2) is 19.1 Å². The number of nitrogens with zero attached hydrogens (tertiary/aromatic N) is 1. The summed E-state index contributed by atoms with van der Waals surface area (Å²) in [5.41, 5.74) is 9.12. The van der Waals surface area contributed by atoms with Crippen molar-refractivity contribution in [2.24, 2.45) is 11.1 Å². The number of hydrogen-bond acceptors (Lipinski definition) is 2. The molecular weight excluding hydrogens is 324 g/mol. The molecule has 2 N–H and O–H groups in total. The van der Waals surface area contributed by atoms with Gasteiger partial charge in [0.1, 0.15) is 0 Å². The van der Waals surface area contributed by atoms with Gasteiger partial charge in [0.15, 0.2) is 0 Å². The normalized spacial score (nSPS) is 19.6. The van der Waals surface area contributed by atoms with Crippen LogP contribution >= 0.6 is 15.9 Å². The predicted octanol–water partition coefficient (Wildman–Crippen LogP) is 4.75. The van der Waals surface area contributed by atoms with E-state index in [1.807, 2.05) is 0 Å². The second-order valence-corrected chi connectivity index (χ2v) is 7.52. The number of anilines is 1. The molecular formula is C18H29BrN2. The van der Waals surface area contributed by atoms with E-state index in [1.165, 1.54) is 54.5 Å². The standard InChI is InChI=1S/C18H29BrN2/c1-4-18(5-2)8-10-21(11-9-18)17-7-6-15(12-14(3)20)13-16(17)19/h6-7,13-14H,4-5,8-12,20H2,1-3H3. The lowest BCUT2D eigenvalue weighted by Gasteiger charge is -2.42. The van der Waals surface area contributed by atoms with E-state index >= 15 is 0 Å². The van der Waals surface area contributed by atoms with Crippen molar-refractivity contribution < 1.29 is 0 Å². The van der Waals surface area contributed by atoms with Gasteiger partial charge < -0.3 is 10.6 Å². The largest absolute Gasteiger partial charge is 0.371 e. The molecule has 1 saturated heterocycles. The van der Waals surface area contributed by atoms with E-state index in [4.69, 9.17) is 5.73 Å². The molecule has 0 aliphatic carbocycles. The highest BCUT2D eigenvalue weighted by molar-refractivity contribution is 9.10. The third-order valence-electron chi connectivity index (χ3n) is 5.23. The van der Waals surface area contributed by atoms with Crippen LogP contribution in [0.5, 0.6) is 0 Å². The highest BCUT2D eigenvalue weighted by Crippen LogP contribution is 2.40. The van der Waals surface area contributed by atoms with Gasteiger partial charge in [0.2, 0.25) is 0 Å². The zero-order chi connectivity index (χ0) is 15.5. The van der Waals surface area contributed by atoms with Gasteiger partial charge in [-0.3, -0.25) is 0 Å². The molecule has 1 aliphatic rings. The quantitative estimate of drug-likeness (QED) is 0.828. The van der Waals surface area contributed by atoms with Crippen molar-refractivity contribution >= 4 is 21.6 Å². The summed E-state index contributed by atoms with van der Waals surface area (Å²) in [6.45, 7) is 9.09. The molecule has 1 fully saturated rings. The Balaban J connectivity index is 2.07. The summed E-state index contributed by atoms with van der Waals surface area (Å²) in [4.78, 5) is 2.53. The minimum atomic E-state index is 0.215. The van der Waals surface area contributed by atoms with Crippen molar-refractivity contribution in [2.75, 3.05) is 18.0 Å². The molecule has 0 saturated carbocycles. The number of nitrogens with two attached hydrogens (primary N) is 1. The number of piperidine rings is 1.